The third-order valence-electron chi connectivity index (χ3n) is 4.67. The lowest BCUT2D eigenvalue weighted by Gasteiger charge is -2.14. The first kappa shape index (κ1) is 14.6. The van der Waals surface area contributed by atoms with Crippen molar-refractivity contribution in [2.45, 2.75) is 39.7 Å². The highest BCUT2D eigenvalue weighted by Gasteiger charge is 2.15. The van der Waals surface area contributed by atoms with Crippen LogP contribution >= 0.6 is 0 Å². The van der Waals surface area contributed by atoms with Crippen LogP contribution in [0.2, 0.25) is 0 Å². The number of aromatic nitrogens is 1. The van der Waals surface area contributed by atoms with Gasteiger partial charge in [0.25, 0.3) is 0 Å². The summed E-state index contributed by atoms with van der Waals surface area (Å²) in [4.78, 5) is 2.59. The van der Waals surface area contributed by atoms with Crippen molar-refractivity contribution in [1.29, 1.82) is 0 Å². The first-order chi connectivity index (χ1) is 10.2. The molecule has 1 fully saturated rings. The first-order valence-electron chi connectivity index (χ1n) is 8.20. The molecule has 0 unspecified atom stereocenters. The van der Waals surface area contributed by atoms with Gasteiger partial charge in [0.15, 0.2) is 0 Å². The summed E-state index contributed by atoms with van der Waals surface area (Å²) in [5.41, 5.74) is 11.4. The molecule has 21 heavy (non-hydrogen) atoms. The minimum Gasteiger partial charge on any atom is -0.346 e. The monoisotopic (exact) mass is 285 g/mol. The average Bonchev–Trinajstić information content (AvgIpc) is 3.05. The Balaban J connectivity index is 1.93. The summed E-state index contributed by atoms with van der Waals surface area (Å²) in [6.45, 7) is 9.76. The van der Waals surface area contributed by atoms with Crippen molar-refractivity contribution in [3.05, 3.63) is 35.0 Å². The van der Waals surface area contributed by atoms with Crippen molar-refractivity contribution >= 4 is 10.9 Å². The van der Waals surface area contributed by atoms with Crippen molar-refractivity contribution in [3.63, 3.8) is 0 Å². The molecule has 0 spiro atoms. The standard InChI is InChI=1S/C18H27N3/c1-14-11-15(2)18-16(5-9-20-7-3-4-8-20)13-21(10-6-19)17(18)12-14/h11-13H,3-10,19H2,1-2H3. The summed E-state index contributed by atoms with van der Waals surface area (Å²) in [5, 5.41) is 1.45. The van der Waals surface area contributed by atoms with E-state index in [9.17, 15) is 0 Å². The Kier molecular flexibility index (Phi) is 4.32. The van der Waals surface area contributed by atoms with Crippen LogP contribution in [0.5, 0.6) is 0 Å². The zero-order valence-corrected chi connectivity index (χ0v) is 13.4. The van der Waals surface area contributed by atoms with E-state index in [-0.39, 0.29) is 0 Å². The van der Waals surface area contributed by atoms with Crippen molar-refractivity contribution in [3.8, 4) is 0 Å². The molecule has 3 nitrogen and oxygen atoms in total. The van der Waals surface area contributed by atoms with E-state index >= 15 is 0 Å². The van der Waals surface area contributed by atoms with Gasteiger partial charge >= 0.3 is 0 Å². The summed E-state index contributed by atoms with van der Waals surface area (Å²) >= 11 is 0. The van der Waals surface area contributed by atoms with Crippen LogP contribution in [0.15, 0.2) is 18.3 Å². The van der Waals surface area contributed by atoms with Crippen LogP contribution in [0.25, 0.3) is 10.9 Å². The number of hydrogen-bond donors (Lipinski definition) is 1. The number of nitrogens with two attached hydrogens (primary N) is 1. The smallest absolute Gasteiger partial charge is 0.0488 e. The molecule has 3 heteroatoms. The highest BCUT2D eigenvalue weighted by Crippen LogP contribution is 2.27. The fraction of sp³-hybridized carbons (Fsp3) is 0.556. The Bertz CT molecular complexity index is 621. The molecular weight excluding hydrogens is 258 g/mol. The van der Waals surface area contributed by atoms with E-state index < -0.39 is 0 Å². The van der Waals surface area contributed by atoms with E-state index in [0.717, 1.165) is 13.0 Å². The summed E-state index contributed by atoms with van der Waals surface area (Å²) in [5.74, 6) is 0. The number of nitrogens with zero attached hydrogens (tertiary/aromatic N) is 2. The topological polar surface area (TPSA) is 34.2 Å². The predicted molar refractivity (Wildman–Crippen MR) is 89.8 cm³/mol. The minimum absolute atomic E-state index is 0.697. The van der Waals surface area contributed by atoms with E-state index in [1.807, 2.05) is 0 Å². The third-order valence-corrected chi connectivity index (χ3v) is 4.67. The summed E-state index contributed by atoms with van der Waals surface area (Å²) in [7, 11) is 0. The molecule has 1 aromatic heterocycles. The zero-order valence-electron chi connectivity index (χ0n) is 13.4. The van der Waals surface area contributed by atoms with Crippen LogP contribution in [0.1, 0.15) is 29.5 Å². The van der Waals surface area contributed by atoms with Crippen LogP contribution in [-0.2, 0) is 13.0 Å². The van der Waals surface area contributed by atoms with Gasteiger partial charge in [-0.3, -0.25) is 0 Å². The van der Waals surface area contributed by atoms with Gasteiger partial charge in [0.1, 0.15) is 0 Å². The second-order valence-corrected chi connectivity index (χ2v) is 6.41. The van der Waals surface area contributed by atoms with Gasteiger partial charge in [-0.15, -0.1) is 0 Å². The molecule has 1 aromatic carbocycles. The Hall–Kier alpha value is -1.32. The van der Waals surface area contributed by atoms with E-state index in [0.29, 0.717) is 6.54 Å². The van der Waals surface area contributed by atoms with Crippen LogP contribution in [0, 0.1) is 13.8 Å². The second-order valence-electron chi connectivity index (χ2n) is 6.41. The Morgan fingerprint density at radius 3 is 2.57 bits per heavy atom. The Morgan fingerprint density at radius 1 is 1.10 bits per heavy atom. The molecule has 0 saturated carbocycles. The van der Waals surface area contributed by atoms with Crippen molar-refractivity contribution in [1.82, 2.24) is 9.47 Å². The predicted octanol–water partition coefficient (Wildman–Crippen LogP) is 2.86. The van der Waals surface area contributed by atoms with Crippen molar-refractivity contribution in [2.24, 2.45) is 5.73 Å². The highest BCUT2D eigenvalue weighted by molar-refractivity contribution is 5.88. The Morgan fingerprint density at radius 2 is 1.86 bits per heavy atom. The fourth-order valence-corrected chi connectivity index (χ4v) is 3.71. The van der Waals surface area contributed by atoms with Crippen molar-refractivity contribution < 1.29 is 0 Å². The van der Waals surface area contributed by atoms with Gasteiger partial charge < -0.3 is 15.2 Å². The molecule has 1 aliphatic rings. The van der Waals surface area contributed by atoms with Gasteiger partial charge in [0.2, 0.25) is 0 Å². The maximum Gasteiger partial charge on any atom is 0.0488 e. The van der Waals surface area contributed by atoms with Gasteiger partial charge in [-0.2, -0.15) is 0 Å². The van der Waals surface area contributed by atoms with Crippen LogP contribution in [0.3, 0.4) is 0 Å². The molecular formula is C18H27N3. The van der Waals surface area contributed by atoms with E-state index in [4.69, 9.17) is 5.73 Å². The summed E-state index contributed by atoms with van der Waals surface area (Å²) in [6, 6.07) is 4.60. The number of benzene rings is 1. The zero-order chi connectivity index (χ0) is 14.8. The molecule has 1 saturated heterocycles. The molecule has 2 N–H and O–H groups in total. The normalized spacial score (nSPS) is 16.1. The lowest BCUT2D eigenvalue weighted by atomic mass is 10.0. The Labute approximate surface area is 127 Å². The van der Waals surface area contributed by atoms with E-state index in [1.54, 1.807) is 0 Å². The molecule has 0 aliphatic carbocycles. The number of rotatable bonds is 5. The van der Waals surface area contributed by atoms with Gasteiger partial charge in [-0.1, -0.05) is 6.07 Å². The fourth-order valence-electron chi connectivity index (χ4n) is 3.71. The lowest BCUT2D eigenvalue weighted by molar-refractivity contribution is 0.344. The molecule has 1 aliphatic heterocycles. The number of fused-ring (bicyclic) bond motifs is 1. The molecule has 114 valence electrons. The molecule has 2 heterocycles. The average molecular weight is 285 g/mol. The van der Waals surface area contributed by atoms with Gasteiger partial charge in [-0.25, -0.2) is 0 Å². The number of aryl methyl sites for hydroxylation is 2. The van der Waals surface area contributed by atoms with Gasteiger partial charge in [0.05, 0.1) is 0 Å². The minimum atomic E-state index is 0.697. The van der Waals surface area contributed by atoms with Crippen molar-refractivity contribution in [2.75, 3.05) is 26.2 Å². The second kappa shape index (κ2) is 6.20. The lowest BCUT2D eigenvalue weighted by Crippen LogP contribution is -2.21. The molecule has 3 rings (SSSR count). The number of likely N-dealkylation sites (tertiary alicyclic amines) is 1. The maximum atomic E-state index is 5.78. The molecule has 2 aromatic rings. The van der Waals surface area contributed by atoms with Gasteiger partial charge in [-0.05, 0) is 69.0 Å². The van der Waals surface area contributed by atoms with Crippen LogP contribution in [-0.4, -0.2) is 35.6 Å². The maximum absolute atomic E-state index is 5.78. The van der Waals surface area contributed by atoms with Gasteiger partial charge in [0, 0.05) is 36.7 Å². The first-order valence-corrected chi connectivity index (χ1v) is 8.20. The summed E-state index contributed by atoms with van der Waals surface area (Å²) in [6.07, 6.45) is 6.22. The molecule has 0 radical (unpaired) electrons. The third kappa shape index (κ3) is 2.99. The van der Waals surface area contributed by atoms with E-state index in [2.05, 4.69) is 41.6 Å². The summed E-state index contributed by atoms with van der Waals surface area (Å²) < 4.78 is 2.34. The highest BCUT2D eigenvalue weighted by atomic mass is 15.1. The molecule has 0 atom stereocenters. The largest absolute Gasteiger partial charge is 0.346 e. The number of hydrogen-bond acceptors (Lipinski definition) is 2. The molecule has 0 amide bonds. The quantitative estimate of drug-likeness (QED) is 0.916. The van der Waals surface area contributed by atoms with Crippen LogP contribution in [0.4, 0.5) is 0 Å². The van der Waals surface area contributed by atoms with E-state index in [1.165, 1.54) is 60.1 Å². The SMILES string of the molecule is Cc1cc(C)c2c(CCN3CCCC3)cn(CCN)c2c1. The molecule has 0 bridgehead atoms. The van der Waals surface area contributed by atoms with Crippen LogP contribution < -0.4 is 5.73 Å².